The second-order valence-corrected chi connectivity index (χ2v) is 6.13. The highest BCUT2D eigenvalue weighted by Crippen LogP contribution is 2.46. The molecule has 0 bridgehead atoms. The van der Waals surface area contributed by atoms with Crippen LogP contribution in [0.3, 0.4) is 0 Å². The SMILES string of the molecule is C/C(O)=C(O)\C=C1/C(=O)C(C)(C)CCC1(C)C. The lowest BCUT2D eigenvalue weighted by Gasteiger charge is -2.40. The van der Waals surface area contributed by atoms with Gasteiger partial charge in [0.2, 0.25) is 0 Å². The maximum absolute atomic E-state index is 12.3. The molecule has 0 atom stereocenters. The highest BCUT2D eigenvalue weighted by atomic mass is 16.3. The topological polar surface area (TPSA) is 57.5 Å². The van der Waals surface area contributed by atoms with Crippen LogP contribution < -0.4 is 0 Å². The molecule has 17 heavy (non-hydrogen) atoms. The molecule has 0 radical (unpaired) electrons. The van der Waals surface area contributed by atoms with Gasteiger partial charge in [0.25, 0.3) is 0 Å². The molecule has 0 aliphatic heterocycles. The quantitative estimate of drug-likeness (QED) is 0.541. The molecule has 1 rings (SSSR count). The summed E-state index contributed by atoms with van der Waals surface area (Å²) in [5, 5.41) is 18.8. The number of Topliss-reactive ketones (excluding diaryl/α,β-unsaturated/α-hetero) is 1. The van der Waals surface area contributed by atoms with Crippen LogP contribution >= 0.6 is 0 Å². The lowest BCUT2D eigenvalue weighted by Crippen LogP contribution is -2.38. The fraction of sp³-hybridized carbons (Fsp3) is 0.643. The van der Waals surface area contributed by atoms with E-state index in [1.54, 1.807) is 0 Å². The number of aliphatic hydroxyl groups excluding tert-OH is 2. The lowest BCUT2D eigenvalue weighted by molar-refractivity contribution is -0.127. The summed E-state index contributed by atoms with van der Waals surface area (Å²) in [6, 6.07) is 0. The van der Waals surface area contributed by atoms with Crippen LogP contribution in [0.1, 0.15) is 47.5 Å². The zero-order chi connectivity index (χ0) is 13.4. The van der Waals surface area contributed by atoms with Crippen molar-refractivity contribution in [3.63, 3.8) is 0 Å². The molecule has 0 aromatic carbocycles. The molecule has 0 amide bonds. The van der Waals surface area contributed by atoms with Crippen molar-refractivity contribution in [3.8, 4) is 0 Å². The summed E-state index contributed by atoms with van der Waals surface area (Å²) < 4.78 is 0. The van der Waals surface area contributed by atoms with Gasteiger partial charge in [0, 0.05) is 11.0 Å². The molecule has 0 heterocycles. The van der Waals surface area contributed by atoms with E-state index in [-0.39, 0.29) is 28.1 Å². The minimum absolute atomic E-state index is 0.0570. The van der Waals surface area contributed by atoms with E-state index < -0.39 is 0 Å². The highest BCUT2D eigenvalue weighted by Gasteiger charge is 2.42. The maximum Gasteiger partial charge on any atom is 0.165 e. The molecule has 2 N–H and O–H groups in total. The Morgan fingerprint density at radius 1 is 1.12 bits per heavy atom. The van der Waals surface area contributed by atoms with Crippen LogP contribution in [0.15, 0.2) is 23.2 Å². The Balaban J connectivity index is 3.25. The zero-order valence-corrected chi connectivity index (χ0v) is 11.3. The third-order valence-electron chi connectivity index (χ3n) is 3.62. The smallest absolute Gasteiger partial charge is 0.165 e. The van der Waals surface area contributed by atoms with Crippen LogP contribution in [0.2, 0.25) is 0 Å². The summed E-state index contributed by atoms with van der Waals surface area (Å²) in [6.45, 7) is 9.23. The van der Waals surface area contributed by atoms with Crippen molar-refractivity contribution in [2.75, 3.05) is 0 Å². The first kappa shape index (κ1) is 13.8. The predicted octanol–water partition coefficient (Wildman–Crippen LogP) is 3.68. The zero-order valence-electron chi connectivity index (χ0n) is 11.3. The first-order valence-corrected chi connectivity index (χ1v) is 5.94. The number of ketones is 1. The van der Waals surface area contributed by atoms with E-state index in [1.807, 2.05) is 27.7 Å². The largest absolute Gasteiger partial charge is 0.509 e. The molecule has 0 spiro atoms. The Morgan fingerprint density at radius 2 is 1.59 bits per heavy atom. The molecule has 0 aromatic heterocycles. The molecule has 1 saturated carbocycles. The van der Waals surface area contributed by atoms with Crippen molar-refractivity contribution in [3.05, 3.63) is 23.2 Å². The van der Waals surface area contributed by atoms with E-state index in [4.69, 9.17) is 0 Å². The van der Waals surface area contributed by atoms with Gasteiger partial charge in [0.05, 0.1) is 0 Å². The van der Waals surface area contributed by atoms with Gasteiger partial charge in [-0.05, 0) is 31.3 Å². The fourth-order valence-electron chi connectivity index (χ4n) is 2.05. The van der Waals surface area contributed by atoms with Crippen molar-refractivity contribution >= 4 is 5.78 Å². The van der Waals surface area contributed by atoms with Crippen molar-refractivity contribution in [2.24, 2.45) is 10.8 Å². The van der Waals surface area contributed by atoms with Crippen molar-refractivity contribution in [1.29, 1.82) is 0 Å². The van der Waals surface area contributed by atoms with Crippen molar-refractivity contribution < 1.29 is 15.0 Å². The second-order valence-electron chi connectivity index (χ2n) is 6.13. The lowest BCUT2D eigenvalue weighted by atomic mass is 9.63. The van der Waals surface area contributed by atoms with Gasteiger partial charge in [0.1, 0.15) is 5.76 Å². The third-order valence-corrected chi connectivity index (χ3v) is 3.62. The van der Waals surface area contributed by atoms with Crippen LogP contribution in [-0.2, 0) is 4.79 Å². The molecule has 1 aliphatic carbocycles. The van der Waals surface area contributed by atoms with Gasteiger partial charge in [0.15, 0.2) is 11.5 Å². The van der Waals surface area contributed by atoms with Gasteiger partial charge in [-0.25, -0.2) is 0 Å². The maximum atomic E-state index is 12.3. The Hall–Kier alpha value is -1.25. The molecular formula is C14H22O3. The predicted molar refractivity (Wildman–Crippen MR) is 67.8 cm³/mol. The monoisotopic (exact) mass is 238 g/mol. The summed E-state index contributed by atoms with van der Waals surface area (Å²) in [5.41, 5.74) is -0.0410. The van der Waals surface area contributed by atoms with Gasteiger partial charge in [-0.2, -0.15) is 0 Å². The van der Waals surface area contributed by atoms with Crippen LogP contribution in [0.4, 0.5) is 0 Å². The number of allylic oxidation sites excluding steroid dienone is 3. The second kappa shape index (κ2) is 4.21. The summed E-state index contributed by atoms with van der Waals surface area (Å²) in [5.74, 6) is -0.329. The number of aliphatic hydroxyl groups is 2. The van der Waals surface area contributed by atoms with Gasteiger partial charge < -0.3 is 10.2 Å². The first-order chi connectivity index (χ1) is 7.58. The molecule has 96 valence electrons. The van der Waals surface area contributed by atoms with Crippen molar-refractivity contribution in [2.45, 2.75) is 47.5 Å². The Labute approximate surface area is 103 Å². The standard InChI is InChI=1S/C14H22O3/c1-9(15)11(16)8-10-12(17)14(4,5)7-6-13(10,2)3/h8,15-16H,6-7H2,1-5H3/b10-8+,11-9-. The summed E-state index contributed by atoms with van der Waals surface area (Å²) in [6.07, 6.45) is 3.16. The Kier molecular flexibility index (Phi) is 3.42. The van der Waals surface area contributed by atoms with Gasteiger partial charge >= 0.3 is 0 Å². The molecule has 1 aliphatic rings. The minimum Gasteiger partial charge on any atom is -0.509 e. The first-order valence-electron chi connectivity index (χ1n) is 5.94. The number of carbonyl (C=O) groups excluding carboxylic acids is 1. The van der Waals surface area contributed by atoms with Crippen LogP contribution in [-0.4, -0.2) is 16.0 Å². The summed E-state index contributed by atoms with van der Waals surface area (Å²) in [7, 11) is 0. The molecule has 0 aromatic rings. The van der Waals surface area contributed by atoms with E-state index in [1.165, 1.54) is 13.0 Å². The van der Waals surface area contributed by atoms with Gasteiger partial charge in [-0.1, -0.05) is 27.7 Å². The molecule has 1 fully saturated rings. The number of rotatable bonds is 1. The minimum atomic E-state index is -0.384. The Morgan fingerprint density at radius 3 is 2.06 bits per heavy atom. The van der Waals surface area contributed by atoms with E-state index in [9.17, 15) is 15.0 Å². The fourth-order valence-corrected chi connectivity index (χ4v) is 2.05. The highest BCUT2D eigenvalue weighted by molar-refractivity contribution is 6.01. The van der Waals surface area contributed by atoms with Crippen LogP contribution in [0, 0.1) is 10.8 Å². The normalized spacial score (nSPS) is 26.9. The average molecular weight is 238 g/mol. The summed E-state index contributed by atoms with van der Waals surface area (Å²) >= 11 is 0. The number of hydrogen-bond acceptors (Lipinski definition) is 3. The summed E-state index contributed by atoms with van der Waals surface area (Å²) in [4.78, 5) is 12.3. The van der Waals surface area contributed by atoms with Crippen LogP contribution in [0.5, 0.6) is 0 Å². The molecular weight excluding hydrogens is 216 g/mol. The van der Waals surface area contributed by atoms with Crippen LogP contribution in [0.25, 0.3) is 0 Å². The van der Waals surface area contributed by atoms with E-state index in [2.05, 4.69) is 0 Å². The molecule has 3 nitrogen and oxygen atoms in total. The Bertz CT molecular complexity index is 394. The number of hydrogen-bond donors (Lipinski definition) is 2. The molecule has 0 unspecified atom stereocenters. The number of carbonyl (C=O) groups is 1. The van der Waals surface area contributed by atoms with Crippen molar-refractivity contribution in [1.82, 2.24) is 0 Å². The molecule has 3 heteroatoms. The third kappa shape index (κ3) is 2.71. The van der Waals surface area contributed by atoms with Gasteiger partial charge in [-0.3, -0.25) is 4.79 Å². The van der Waals surface area contributed by atoms with E-state index in [0.717, 1.165) is 12.8 Å². The molecule has 0 saturated heterocycles. The van der Waals surface area contributed by atoms with E-state index in [0.29, 0.717) is 5.57 Å². The average Bonchev–Trinajstić information content (AvgIpc) is 2.20. The van der Waals surface area contributed by atoms with Gasteiger partial charge in [-0.15, -0.1) is 0 Å². The van der Waals surface area contributed by atoms with E-state index >= 15 is 0 Å².